The molecule has 0 aliphatic heterocycles. The highest BCUT2D eigenvalue weighted by molar-refractivity contribution is 5.91. The van der Waals surface area contributed by atoms with Crippen LogP contribution in [0.4, 0.5) is 0 Å². The van der Waals surface area contributed by atoms with Gasteiger partial charge in [-0.3, -0.25) is 9.59 Å². The molecule has 1 heterocycles. The molecule has 1 aromatic rings. The van der Waals surface area contributed by atoms with Crippen LogP contribution in [0.1, 0.15) is 42.4 Å². The Morgan fingerprint density at radius 3 is 2.65 bits per heavy atom. The maximum atomic E-state index is 11.8. The molecule has 0 fully saturated rings. The molecule has 0 saturated heterocycles. The number of aromatic nitrogens is 1. The van der Waals surface area contributed by atoms with E-state index in [1.807, 2.05) is 13.8 Å². The first-order chi connectivity index (χ1) is 7.91. The minimum absolute atomic E-state index is 0.0899. The van der Waals surface area contributed by atoms with Crippen LogP contribution in [0, 0.1) is 0 Å². The average molecular weight is 240 g/mol. The lowest BCUT2D eigenvalue weighted by atomic mass is 10.1. The molecule has 6 heteroatoms. The van der Waals surface area contributed by atoms with Gasteiger partial charge in [0.15, 0.2) is 0 Å². The van der Waals surface area contributed by atoms with E-state index in [-0.39, 0.29) is 30.6 Å². The fourth-order valence-electron chi connectivity index (χ4n) is 1.21. The van der Waals surface area contributed by atoms with Gasteiger partial charge in [-0.15, -0.1) is 0 Å². The summed E-state index contributed by atoms with van der Waals surface area (Å²) in [5.74, 6) is -0.970. The van der Waals surface area contributed by atoms with Gasteiger partial charge in [0.1, 0.15) is 0 Å². The number of aliphatic carboxylic acids is 1. The van der Waals surface area contributed by atoms with Crippen LogP contribution in [0.25, 0.3) is 0 Å². The van der Waals surface area contributed by atoms with E-state index >= 15 is 0 Å². The second-order valence-electron chi connectivity index (χ2n) is 4.14. The number of hydrogen-bond donors (Lipinski definition) is 1. The standard InChI is InChI=1S/C11H16N2O4/c1-7(2)8-6-9(17-12-8)11(16)13(3)5-4-10(14)15/h6-7H,4-5H2,1-3H3,(H,14,15). The summed E-state index contributed by atoms with van der Waals surface area (Å²) in [4.78, 5) is 23.5. The Bertz CT molecular complexity index is 411. The number of carboxylic acids is 1. The number of hydrogen-bond acceptors (Lipinski definition) is 4. The fourth-order valence-corrected chi connectivity index (χ4v) is 1.21. The topological polar surface area (TPSA) is 83.6 Å². The molecular weight excluding hydrogens is 224 g/mol. The number of amides is 1. The van der Waals surface area contributed by atoms with Crippen molar-refractivity contribution in [1.82, 2.24) is 10.1 Å². The van der Waals surface area contributed by atoms with Gasteiger partial charge in [-0.25, -0.2) is 0 Å². The molecular formula is C11H16N2O4. The molecule has 1 rings (SSSR count). The number of carbonyl (C=O) groups excluding carboxylic acids is 1. The first-order valence-electron chi connectivity index (χ1n) is 5.35. The SMILES string of the molecule is CC(C)c1cc(C(=O)N(C)CCC(=O)O)on1. The van der Waals surface area contributed by atoms with E-state index in [4.69, 9.17) is 9.63 Å². The minimum Gasteiger partial charge on any atom is -0.481 e. The molecule has 1 N–H and O–H groups in total. The molecule has 6 nitrogen and oxygen atoms in total. The molecule has 1 amide bonds. The number of rotatable bonds is 5. The van der Waals surface area contributed by atoms with E-state index in [0.717, 1.165) is 0 Å². The second kappa shape index (κ2) is 5.47. The normalized spacial score (nSPS) is 10.6. The first-order valence-corrected chi connectivity index (χ1v) is 5.35. The zero-order valence-electron chi connectivity index (χ0n) is 10.1. The van der Waals surface area contributed by atoms with E-state index in [1.165, 1.54) is 11.9 Å². The number of carbonyl (C=O) groups is 2. The molecule has 0 aliphatic rings. The van der Waals surface area contributed by atoms with E-state index in [0.29, 0.717) is 5.69 Å². The van der Waals surface area contributed by atoms with Crippen LogP contribution in [-0.2, 0) is 4.79 Å². The highest BCUT2D eigenvalue weighted by Gasteiger charge is 2.18. The molecule has 94 valence electrons. The smallest absolute Gasteiger partial charge is 0.305 e. The van der Waals surface area contributed by atoms with Crippen LogP contribution >= 0.6 is 0 Å². The van der Waals surface area contributed by atoms with Gasteiger partial charge >= 0.3 is 5.97 Å². The highest BCUT2D eigenvalue weighted by atomic mass is 16.5. The molecule has 0 unspecified atom stereocenters. The first kappa shape index (κ1) is 13.2. The van der Waals surface area contributed by atoms with Crippen LogP contribution in [0.5, 0.6) is 0 Å². The summed E-state index contributed by atoms with van der Waals surface area (Å²) >= 11 is 0. The summed E-state index contributed by atoms with van der Waals surface area (Å²) in [6.07, 6.45) is -0.0899. The molecule has 0 radical (unpaired) electrons. The van der Waals surface area contributed by atoms with Crippen molar-refractivity contribution in [2.75, 3.05) is 13.6 Å². The van der Waals surface area contributed by atoms with Crippen molar-refractivity contribution in [3.05, 3.63) is 17.5 Å². The summed E-state index contributed by atoms with van der Waals surface area (Å²) < 4.78 is 4.93. The van der Waals surface area contributed by atoms with Crippen LogP contribution in [0.2, 0.25) is 0 Å². The summed E-state index contributed by atoms with van der Waals surface area (Å²) in [5, 5.41) is 12.3. The Morgan fingerprint density at radius 2 is 2.18 bits per heavy atom. The lowest BCUT2D eigenvalue weighted by molar-refractivity contribution is -0.137. The third kappa shape index (κ3) is 3.58. The molecule has 0 aromatic carbocycles. The van der Waals surface area contributed by atoms with Crippen molar-refractivity contribution in [1.29, 1.82) is 0 Å². The quantitative estimate of drug-likeness (QED) is 0.839. The maximum Gasteiger partial charge on any atom is 0.305 e. The van der Waals surface area contributed by atoms with Gasteiger partial charge in [0, 0.05) is 19.7 Å². The molecule has 0 atom stereocenters. The summed E-state index contributed by atoms with van der Waals surface area (Å²) in [6.45, 7) is 4.03. The molecule has 0 aliphatic carbocycles. The molecule has 0 spiro atoms. The van der Waals surface area contributed by atoms with Crippen molar-refractivity contribution < 1.29 is 19.2 Å². The summed E-state index contributed by atoms with van der Waals surface area (Å²) in [6, 6.07) is 1.59. The molecule has 17 heavy (non-hydrogen) atoms. The predicted octanol–water partition coefficient (Wildman–Crippen LogP) is 1.34. The Hall–Kier alpha value is -1.85. The zero-order chi connectivity index (χ0) is 13.0. The molecule has 1 aromatic heterocycles. The predicted molar refractivity (Wildman–Crippen MR) is 59.8 cm³/mol. The van der Waals surface area contributed by atoms with Gasteiger partial charge in [-0.1, -0.05) is 19.0 Å². The van der Waals surface area contributed by atoms with Gasteiger partial charge in [-0.05, 0) is 5.92 Å². The molecule has 0 saturated carbocycles. The van der Waals surface area contributed by atoms with Gasteiger partial charge in [0.05, 0.1) is 12.1 Å². The van der Waals surface area contributed by atoms with Crippen LogP contribution in [0.15, 0.2) is 10.6 Å². The van der Waals surface area contributed by atoms with Crippen LogP contribution < -0.4 is 0 Å². The van der Waals surface area contributed by atoms with Crippen molar-refractivity contribution in [3.63, 3.8) is 0 Å². The van der Waals surface area contributed by atoms with E-state index in [9.17, 15) is 9.59 Å². The highest BCUT2D eigenvalue weighted by Crippen LogP contribution is 2.15. The van der Waals surface area contributed by atoms with E-state index < -0.39 is 5.97 Å². The minimum atomic E-state index is -0.940. The van der Waals surface area contributed by atoms with Gasteiger partial charge in [0.25, 0.3) is 5.91 Å². The third-order valence-electron chi connectivity index (χ3n) is 2.34. The van der Waals surface area contributed by atoms with Crippen molar-refractivity contribution in [2.24, 2.45) is 0 Å². The lowest BCUT2D eigenvalue weighted by Crippen LogP contribution is -2.28. The van der Waals surface area contributed by atoms with Crippen LogP contribution in [0.3, 0.4) is 0 Å². The monoisotopic (exact) mass is 240 g/mol. The zero-order valence-corrected chi connectivity index (χ0v) is 10.1. The van der Waals surface area contributed by atoms with E-state index in [1.54, 1.807) is 6.07 Å². The Balaban J connectivity index is 2.64. The van der Waals surface area contributed by atoms with Crippen molar-refractivity contribution in [3.8, 4) is 0 Å². The lowest BCUT2D eigenvalue weighted by Gasteiger charge is -2.13. The summed E-state index contributed by atoms with van der Waals surface area (Å²) in [7, 11) is 1.53. The number of nitrogens with zero attached hydrogens (tertiary/aromatic N) is 2. The largest absolute Gasteiger partial charge is 0.481 e. The van der Waals surface area contributed by atoms with Gasteiger partial charge in [0.2, 0.25) is 5.76 Å². The fraction of sp³-hybridized carbons (Fsp3) is 0.545. The van der Waals surface area contributed by atoms with Crippen LogP contribution in [-0.4, -0.2) is 40.6 Å². The Kier molecular flexibility index (Phi) is 4.25. The third-order valence-corrected chi connectivity index (χ3v) is 2.34. The average Bonchev–Trinajstić information content (AvgIpc) is 2.73. The van der Waals surface area contributed by atoms with Crippen molar-refractivity contribution in [2.45, 2.75) is 26.2 Å². The van der Waals surface area contributed by atoms with Gasteiger partial charge < -0.3 is 14.5 Å². The molecule has 0 bridgehead atoms. The Morgan fingerprint density at radius 1 is 1.53 bits per heavy atom. The van der Waals surface area contributed by atoms with Gasteiger partial charge in [-0.2, -0.15) is 0 Å². The number of carboxylic acid groups (broad SMARTS) is 1. The summed E-state index contributed by atoms with van der Waals surface area (Å²) in [5.41, 5.74) is 0.708. The van der Waals surface area contributed by atoms with E-state index in [2.05, 4.69) is 5.16 Å². The van der Waals surface area contributed by atoms with Crippen molar-refractivity contribution >= 4 is 11.9 Å². The second-order valence-corrected chi connectivity index (χ2v) is 4.14. The maximum absolute atomic E-state index is 11.8. The Labute approximate surface area is 99.2 Å².